The largest absolute Gasteiger partial charge is 0.453 e. The molecule has 4 aromatic carbocycles. The van der Waals surface area contributed by atoms with Gasteiger partial charge in [-0.2, -0.15) is 0 Å². The van der Waals surface area contributed by atoms with Gasteiger partial charge in [-0.15, -0.1) is 0 Å². The number of benzene rings is 4. The smallest absolute Gasteiger partial charge is 0.337 e. The molecule has 0 amide bonds. The number of ether oxygens (including phenoxy) is 3. The third-order valence-corrected chi connectivity index (χ3v) is 4.49. The van der Waals surface area contributed by atoms with E-state index < -0.39 is 12.6 Å². The zero-order chi connectivity index (χ0) is 20.9. The Balaban J connectivity index is 1.93. The Labute approximate surface area is 178 Å². The molecule has 30 heavy (non-hydrogen) atoms. The molecule has 4 aromatic rings. The Morgan fingerprint density at radius 3 is 2.07 bits per heavy atom. The number of hydrogen-bond donors (Lipinski definition) is 1. The van der Waals surface area contributed by atoms with E-state index in [1.54, 1.807) is 48.5 Å². The number of carbonyl (C=O) groups is 1. The molecule has 150 valence electrons. The quantitative estimate of drug-likeness (QED) is 0.307. The highest BCUT2D eigenvalue weighted by Gasteiger charge is 2.22. The van der Waals surface area contributed by atoms with Crippen LogP contribution in [0.5, 0.6) is 28.7 Å². The van der Waals surface area contributed by atoms with Crippen LogP contribution in [0.2, 0.25) is 5.02 Å². The van der Waals surface area contributed by atoms with E-state index in [9.17, 15) is 9.90 Å². The minimum Gasteiger partial charge on any atom is -0.453 e. The molecule has 0 aromatic heterocycles. The molecule has 0 aliphatic rings. The van der Waals surface area contributed by atoms with Crippen LogP contribution in [0, 0.1) is 0 Å². The highest BCUT2D eigenvalue weighted by Crippen LogP contribution is 2.47. The lowest BCUT2D eigenvalue weighted by atomic mass is 10.1. The second-order valence-electron chi connectivity index (χ2n) is 6.36. The van der Waals surface area contributed by atoms with Gasteiger partial charge in [-0.3, -0.25) is 0 Å². The van der Waals surface area contributed by atoms with Crippen molar-refractivity contribution < 1.29 is 24.1 Å². The second kappa shape index (κ2) is 8.86. The van der Waals surface area contributed by atoms with Gasteiger partial charge in [0.15, 0.2) is 11.5 Å². The van der Waals surface area contributed by atoms with Crippen LogP contribution in [0.1, 0.15) is 0 Å². The summed E-state index contributed by atoms with van der Waals surface area (Å²) >= 11 is 6.18. The van der Waals surface area contributed by atoms with Crippen molar-refractivity contribution in [2.24, 2.45) is 0 Å². The fraction of sp³-hybridized carbons (Fsp3) is 0.0417. The number of esters is 1. The first-order valence-corrected chi connectivity index (χ1v) is 9.55. The van der Waals surface area contributed by atoms with Gasteiger partial charge >= 0.3 is 5.97 Å². The van der Waals surface area contributed by atoms with Gasteiger partial charge in [0.1, 0.15) is 18.1 Å². The highest BCUT2D eigenvalue weighted by atomic mass is 35.5. The zero-order valence-corrected chi connectivity index (χ0v) is 16.5. The molecule has 5 nitrogen and oxygen atoms in total. The van der Waals surface area contributed by atoms with Crippen molar-refractivity contribution in [3.05, 3.63) is 90.0 Å². The summed E-state index contributed by atoms with van der Waals surface area (Å²) in [6.45, 7) is -0.781. The normalized spacial score (nSPS) is 10.6. The minimum absolute atomic E-state index is 0.115. The number of hydrogen-bond acceptors (Lipinski definition) is 5. The van der Waals surface area contributed by atoms with E-state index in [1.165, 1.54) is 0 Å². The first kappa shape index (κ1) is 19.8. The van der Waals surface area contributed by atoms with Crippen LogP contribution >= 0.6 is 11.6 Å². The van der Waals surface area contributed by atoms with Crippen LogP contribution < -0.4 is 14.2 Å². The van der Waals surface area contributed by atoms with Gasteiger partial charge in [-0.25, -0.2) is 4.79 Å². The maximum atomic E-state index is 12.0. The molecule has 0 saturated heterocycles. The minimum atomic E-state index is -0.828. The Hall–Kier alpha value is -3.54. The monoisotopic (exact) mass is 420 g/mol. The van der Waals surface area contributed by atoms with Crippen molar-refractivity contribution >= 4 is 28.3 Å². The first-order chi connectivity index (χ1) is 14.6. The Morgan fingerprint density at radius 2 is 1.43 bits per heavy atom. The van der Waals surface area contributed by atoms with Crippen molar-refractivity contribution in [3.63, 3.8) is 0 Å². The average molecular weight is 421 g/mol. The third-order valence-electron chi connectivity index (χ3n) is 4.26. The van der Waals surface area contributed by atoms with Gasteiger partial charge in [-0.1, -0.05) is 54.1 Å². The zero-order valence-electron chi connectivity index (χ0n) is 15.7. The van der Waals surface area contributed by atoms with Crippen LogP contribution in [0.15, 0.2) is 84.9 Å². The summed E-state index contributed by atoms with van der Waals surface area (Å²) in [6, 6.07) is 25.2. The van der Waals surface area contributed by atoms with E-state index in [0.29, 0.717) is 27.7 Å². The van der Waals surface area contributed by atoms with Crippen LogP contribution in [-0.4, -0.2) is 17.7 Å². The van der Waals surface area contributed by atoms with Gasteiger partial charge in [0.2, 0.25) is 5.75 Å². The molecule has 0 bridgehead atoms. The van der Waals surface area contributed by atoms with Crippen LogP contribution in [0.3, 0.4) is 0 Å². The molecule has 0 fully saturated rings. The van der Waals surface area contributed by atoms with Gasteiger partial charge in [0, 0.05) is 10.4 Å². The van der Waals surface area contributed by atoms with Crippen LogP contribution in [0.4, 0.5) is 0 Å². The predicted octanol–water partition coefficient (Wildman–Crippen LogP) is 5.98. The molecular formula is C24H17ClO5. The molecule has 6 heteroatoms. The summed E-state index contributed by atoms with van der Waals surface area (Å²) in [5, 5.41) is 11.0. The number of para-hydroxylation sites is 2. The second-order valence-corrected chi connectivity index (χ2v) is 6.80. The lowest BCUT2D eigenvalue weighted by Crippen LogP contribution is -2.13. The lowest BCUT2D eigenvalue weighted by molar-refractivity contribution is -0.137. The highest BCUT2D eigenvalue weighted by molar-refractivity contribution is 6.31. The summed E-state index contributed by atoms with van der Waals surface area (Å²) in [4.78, 5) is 12.0. The van der Waals surface area contributed by atoms with Gasteiger partial charge in [0.05, 0.1) is 0 Å². The topological polar surface area (TPSA) is 65.0 Å². The van der Waals surface area contributed by atoms with E-state index in [-0.39, 0.29) is 11.5 Å². The molecule has 0 radical (unpaired) electrons. The molecule has 0 aliphatic carbocycles. The molecule has 0 saturated carbocycles. The van der Waals surface area contributed by atoms with Gasteiger partial charge in [0.25, 0.3) is 0 Å². The fourth-order valence-corrected chi connectivity index (χ4v) is 3.11. The molecule has 4 rings (SSSR count). The molecular weight excluding hydrogens is 404 g/mol. The fourth-order valence-electron chi connectivity index (χ4n) is 2.93. The first-order valence-electron chi connectivity index (χ1n) is 9.17. The number of aliphatic hydroxyl groups is 1. The summed E-state index contributed by atoms with van der Waals surface area (Å²) in [6.07, 6.45) is 0. The molecule has 0 spiro atoms. The summed E-state index contributed by atoms with van der Waals surface area (Å²) in [5.74, 6) is 0.943. The van der Waals surface area contributed by atoms with E-state index in [2.05, 4.69) is 0 Å². The molecule has 0 heterocycles. The van der Waals surface area contributed by atoms with Crippen molar-refractivity contribution in [2.75, 3.05) is 6.61 Å². The van der Waals surface area contributed by atoms with E-state index >= 15 is 0 Å². The van der Waals surface area contributed by atoms with Gasteiger partial charge < -0.3 is 19.3 Å². The number of rotatable bonds is 6. The molecule has 1 N–H and O–H groups in total. The summed E-state index contributed by atoms with van der Waals surface area (Å²) < 4.78 is 17.6. The number of aliphatic hydroxyl groups excluding tert-OH is 1. The van der Waals surface area contributed by atoms with Crippen LogP contribution in [0.25, 0.3) is 10.8 Å². The van der Waals surface area contributed by atoms with Gasteiger partial charge in [-0.05, 0) is 47.9 Å². The van der Waals surface area contributed by atoms with E-state index in [0.717, 1.165) is 5.39 Å². The third kappa shape index (κ3) is 4.38. The van der Waals surface area contributed by atoms with Crippen LogP contribution in [-0.2, 0) is 4.79 Å². The number of carbonyl (C=O) groups excluding carboxylic acids is 1. The maximum Gasteiger partial charge on any atom is 0.337 e. The van der Waals surface area contributed by atoms with E-state index in [4.69, 9.17) is 25.8 Å². The van der Waals surface area contributed by atoms with Crippen molar-refractivity contribution in [1.82, 2.24) is 0 Å². The van der Waals surface area contributed by atoms with Crippen molar-refractivity contribution in [3.8, 4) is 28.7 Å². The summed E-state index contributed by atoms with van der Waals surface area (Å²) in [5.41, 5.74) is 0. The van der Waals surface area contributed by atoms with Crippen molar-refractivity contribution in [2.45, 2.75) is 0 Å². The Bertz CT molecular complexity index is 1180. The number of fused-ring (bicyclic) bond motifs is 1. The van der Waals surface area contributed by atoms with E-state index in [1.807, 2.05) is 36.4 Å². The molecule has 0 aliphatic heterocycles. The Morgan fingerprint density at radius 1 is 0.800 bits per heavy atom. The molecule has 0 atom stereocenters. The maximum absolute atomic E-state index is 12.0. The standard InChI is InChI=1S/C24H17ClO5/c25-17-12-11-16-13-21(28-18-7-3-1-4-8-18)24(29-19-9-5-2-6-10-19)23(20(16)14-17)30-22(27)15-26/h1-14,26H,15H2. The number of halogens is 1. The predicted molar refractivity (Wildman–Crippen MR) is 115 cm³/mol. The van der Waals surface area contributed by atoms with Crippen molar-refractivity contribution in [1.29, 1.82) is 0 Å². The Kier molecular flexibility index (Phi) is 5.84. The SMILES string of the molecule is O=C(CO)Oc1c(Oc2ccccc2)c(Oc2ccccc2)cc2ccc(Cl)cc12. The molecule has 0 unspecified atom stereocenters. The summed E-state index contributed by atoms with van der Waals surface area (Å²) in [7, 11) is 0. The average Bonchev–Trinajstić information content (AvgIpc) is 2.77. The lowest BCUT2D eigenvalue weighted by Gasteiger charge is -2.18.